The topological polar surface area (TPSA) is 87.7 Å². The van der Waals surface area contributed by atoms with Crippen LogP contribution in [0.15, 0.2) is 48.5 Å². The molecule has 0 aromatic heterocycles. The molecule has 26 heavy (non-hydrogen) atoms. The molecule has 0 heterocycles. The monoisotopic (exact) mass is 356 g/mol. The van der Waals surface area contributed by atoms with Gasteiger partial charge in [0.15, 0.2) is 5.60 Å². The molecule has 0 aliphatic carbocycles. The van der Waals surface area contributed by atoms with Gasteiger partial charge in [-0.25, -0.2) is 0 Å². The van der Waals surface area contributed by atoms with E-state index in [1.165, 1.54) is 6.92 Å². The maximum Gasteiger partial charge on any atom is 0.259 e. The number of nitrogens with one attached hydrogen (secondary N) is 2. The summed E-state index contributed by atoms with van der Waals surface area (Å²) in [5.41, 5.74) is 0.654. The lowest BCUT2D eigenvalue weighted by Crippen LogP contribution is -2.45. The van der Waals surface area contributed by atoms with Gasteiger partial charge in [0.1, 0.15) is 12.4 Å². The van der Waals surface area contributed by atoms with Gasteiger partial charge in [-0.05, 0) is 50.2 Å². The molecule has 0 aliphatic rings. The number of aryl methyl sites for hydroxylation is 1. The fourth-order valence-electron chi connectivity index (χ4n) is 2.08. The summed E-state index contributed by atoms with van der Waals surface area (Å²) in [6.45, 7) is 4.92. The molecule has 0 saturated carbocycles. The van der Waals surface area contributed by atoms with Crippen LogP contribution < -0.4 is 15.4 Å². The fourth-order valence-corrected chi connectivity index (χ4v) is 2.08. The molecule has 0 unspecified atom stereocenters. The molecule has 0 saturated heterocycles. The van der Waals surface area contributed by atoms with Gasteiger partial charge in [-0.3, -0.25) is 9.59 Å². The number of rotatable bonds is 7. The zero-order chi connectivity index (χ0) is 19.2. The molecule has 0 aliphatic heterocycles. The Morgan fingerprint density at radius 1 is 1.00 bits per heavy atom. The molecule has 1 atom stereocenters. The van der Waals surface area contributed by atoms with Gasteiger partial charge >= 0.3 is 0 Å². The first-order valence-electron chi connectivity index (χ1n) is 8.43. The molecule has 6 heteroatoms. The molecule has 0 spiro atoms. The second-order valence-corrected chi connectivity index (χ2v) is 6.31. The van der Waals surface area contributed by atoms with E-state index >= 15 is 0 Å². The summed E-state index contributed by atoms with van der Waals surface area (Å²) in [5, 5.41) is 15.8. The number of aliphatic hydroxyl groups is 1. The Morgan fingerprint density at radius 3 is 2.12 bits per heavy atom. The summed E-state index contributed by atoms with van der Waals surface area (Å²) in [6.07, 6.45) is 0.400. The van der Waals surface area contributed by atoms with Gasteiger partial charge in [0.2, 0.25) is 5.91 Å². The van der Waals surface area contributed by atoms with E-state index in [4.69, 9.17) is 4.74 Å². The van der Waals surface area contributed by atoms with Crippen molar-refractivity contribution in [2.75, 3.05) is 17.2 Å². The number of amides is 2. The summed E-state index contributed by atoms with van der Waals surface area (Å²) < 4.78 is 5.51. The van der Waals surface area contributed by atoms with Crippen LogP contribution in [0.4, 0.5) is 11.4 Å². The number of carbonyl (C=O) groups excluding carboxylic acids is 2. The molecule has 0 fully saturated rings. The van der Waals surface area contributed by atoms with Gasteiger partial charge in [-0.1, -0.05) is 24.6 Å². The van der Waals surface area contributed by atoms with Gasteiger partial charge in [0.25, 0.3) is 5.91 Å². The summed E-state index contributed by atoms with van der Waals surface area (Å²) >= 11 is 0. The smallest absolute Gasteiger partial charge is 0.259 e. The van der Waals surface area contributed by atoms with E-state index in [0.29, 0.717) is 23.5 Å². The number of anilines is 2. The van der Waals surface area contributed by atoms with Crippen molar-refractivity contribution in [3.63, 3.8) is 0 Å². The fraction of sp³-hybridized carbons (Fsp3) is 0.300. The first kappa shape index (κ1) is 19.5. The third-order valence-electron chi connectivity index (χ3n) is 3.78. The molecule has 2 amide bonds. The van der Waals surface area contributed by atoms with Crippen LogP contribution in [0.25, 0.3) is 0 Å². The highest BCUT2D eigenvalue weighted by atomic mass is 16.5. The predicted octanol–water partition coefficient (Wildman–Crippen LogP) is 3.11. The molecule has 2 aromatic carbocycles. The first-order chi connectivity index (χ1) is 12.3. The SMILES string of the molecule is CCC(=O)Nc1ccc(OC[C@](C)(O)C(=O)Nc2ccc(C)cc2)cc1. The third-order valence-corrected chi connectivity index (χ3v) is 3.78. The normalized spacial score (nSPS) is 12.8. The van der Waals surface area contributed by atoms with Crippen LogP contribution in [-0.2, 0) is 9.59 Å². The molecule has 0 bridgehead atoms. The Balaban J connectivity index is 1.91. The van der Waals surface area contributed by atoms with Crippen molar-refractivity contribution in [3.05, 3.63) is 54.1 Å². The van der Waals surface area contributed by atoms with E-state index < -0.39 is 11.5 Å². The molecule has 0 radical (unpaired) electrons. The Bertz CT molecular complexity index is 752. The number of hydrogen-bond donors (Lipinski definition) is 3. The van der Waals surface area contributed by atoms with Crippen LogP contribution in [-0.4, -0.2) is 29.1 Å². The highest BCUT2D eigenvalue weighted by Crippen LogP contribution is 2.18. The van der Waals surface area contributed by atoms with Crippen LogP contribution in [0.5, 0.6) is 5.75 Å². The molecule has 138 valence electrons. The second kappa shape index (κ2) is 8.49. The van der Waals surface area contributed by atoms with Crippen LogP contribution >= 0.6 is 0 Å². The van der Waals surface area contributed by atoms with Crippen molar-refractivity contribution in [3.8, 4) is 5.75 Å². The highest BCUT2D eigenvalue weighted by molar-refractivity contribution is 5.97. The molecular weight excluding hydrogens is 332 g/mol. The summed E-state index contributed by atoms with van der Waals surface area (Å²) in [5.74, 6) is -0.134. The number of ether oxygens (including phenoxy) is 1. The lowest BCUT2D eigenvalue weighted by molar-refractivity contribution is -0.135. The van der Waals surface area contributed by atoms with Crippen LogP contribution in [0.1, 0.15) is 25.8 Å². The zero-order valence-electron chi connectivity index (χ0n) is 15.2. The van der Waals surface area contributed by atoms with Gasteiger partial charge in [0.05, 0.1) is 0 Å². The number of carbonyl (C=O) groups is 2. The molecular formula is C20H24N2O4. The van der Waals surface area contributed by atoms with Gasteiger partial charge < -0.3 is 20.5 Å². The van der Waals surface area contributed by atoms with Gasteiger partial charge in [-0.2, -0.15) is 0 Å². The van der Waals surface area contributed by atoms with E-state index in [-0.39, 0.29) is 12.5 Å². The minimum Gasteiger partial charge on any atom is -0.490 e. The lowest BCUT2D eigenvalue weighted by atomic mass is 10.1. The third kappa shape index (κ3) is 5.60. The molecule has 3 N–H and O–H groups in total. The average molecular weight is 356 g/mol. The minimum absolute atomic E-state index is 0.0746. The average Bonchev–Trinajstić information content (AvgIpc) is 2.63. The molecule has 6 nitrogen and oxygen atoms in total. The van der Waals surface area contributed by atoms with Crippen molar-refractivity contribution in [2.24, 2.45) is 0 Å². The van der Waals surface area contributed by atoms with E-state index in [0.717, 1.165) is 5.56 Å². The first-order valence-corrected chi connectivity index (χ1v) is 8.43. The second-order valence-electron chi connectivity index (χ2n) is 6.31. The quantitative estimate of drug-likeness (QED) is 0.711. The summed E-state index contributed by atoms with van der Waals surface area (Å²) in [4.78, 5) is 23.6. The van der Waals surface area contributed by atoms with Crippen molar-refractivity contribution in [1.29, 1.82) is 0 Å². The maximum absolute atomic E-state index is 12.3. The molecule has 2 rings (SSSR count). The largest absolute Gasteiger partial charge is 0.490 e. The lowest BCUT2D eigenvalue weighted by Gasteiger charge is -2.22. The Kier molecular flexibility index (Phi) is 6.36. The highest BCUT2D eigenvalue weighted by Gasteiger charge is 2.31. The van der Waals surface area contributed by atoms with Crippen molar-refractivity contribution in [2.45, 2.75) is 32.8 Å². The predicted molar refractivity (Wildman–Crippen MR) is 101 cm³/mol. The summed E-state index contributed by atoms with van der Waals surface area (Å²) in [7, 11) is 0. The zero-order valence-corrected chi connectivity index (χ0v) is 15.2. The van der Waals surface area contributed by atoms with Gasteiger partial charge in [-0.15, -0.1) is 0 Å². The Morgan fingerprint density at radius 2 is 1.54 bits per heavy atom. The minimum atomic E-state index is -1.69. The molecule has 2 aromatic rings. The Labute approximate surface area is 153 Å². The Hall–Kier alpha value is -2.86. The number of hydrogen-bond acceptors (Lipinski definition) is 4. The van der Waals surface area contributed by atoms with E-state index in [9.17, 15) is 14.7 Å². The van der Waals surface area contributed by atoms with E-state index in [1.54, 1.807) is 43.3 Å². The summed E-state index contributed by atoms with van der Waals surface area (Å²) in [6, 6.07) is 14.0. The maximum atomic E-state index is 12.3. The van der Waals surface area contributed by atoms with E-state index in [1.807, 2.05) is 19.1 Å². The van der Waals surface area contributed by atoms with Crippen molar-refractivity contribution >= 4 is 23.2 Å². The number of benzene rings is 2. The van der Waals surface area contributed by atoms with E-state index in [2.05, 4.69) is 10.6 Å². The van der Waals surface area contributed by atoms with Crippen molar-refractivity contribution in [1.82, 2.24) is 0 Å². The van der Waals surface area contributed by atoms with Crippen LogP contribution in [0, 0.1) is 6.92 Å². The van der Waals surface area contributed by atoms with Gasteiger partial charge in [0, 0.05) is 17.8 Å². The van der Waals surface area contributed by atoms with Crippen LogP contribution in [0.3, 0.4) is 0 Å². The van der Waals surface area contributed by atoms with Crippen molar-refractivity contribution < 1.29 is 19.4 Å². The standard InChI is InChI=1S/C20H24N2O4/c1-4-18(23)21-15-9-11-17(12-10-15)26-13-20(3,25)19(24)22-16-7-5-14(2)6-8-16/h5-12,25H,4,13H2,1-3H3,(H,21,23)(H,22,24)/t20-/m0/s1. The van der Waals surface area contributed by atoms with Crippen LogP contribution in [0.2, 0.25) is 0 Å².